The highest BCUT2D eigenvalue weighted by atomic mass is 19.1. The van der Waals surface area contributed by atoms with Gasteiger partial charge in [-0.1, -0.05) is 52.8 Å². The number of esters is 1. The van der Waals surface area contributed by atoms with Crippen LogP contribution in [-0.2, 0) is 14.9 Å². The average Bonchev–Trinajstić information content (AvgIpc) is 2.65. The molecule has 0 radical (unpaired) electrons. The van der Waals surface area contributed by atoms with Gasteiger partial charge < -0.3 is 14.6 Å². The maximum absolute atomic E-state index is 13.5. The fourth-order valence-corrected chi connectivity index (χ4v) is 3.66. The van der Waals surface area contributed by atoms with Crippen LogP contribution in [0.25, 0.3) is 11.1 Å². The van der Waals surface area contributed by atoms with E-state index in [1.807, 2.05) is 0 Å². The lowest BCUT2D eigenvalue weighted by Crippen LogP contribution is -2.36. The normalized spacial score (nSPS) is 19.7. The van der Waals surface area contributed by atoms with Crippen molar-refractivity contribution in [2.75, 3.05) is 6.61 Å². The van der Waals surface area contributed by atoms with Crippen molar-refractivity contribution < 1.29 is 23.8 Å². The van der Waals surface area contributed by atoms with Gasteiger partial charge in [0.15, 0.2) is 0 Å². The molecular formula is C25H31FO4. The topological polar surface area (TPSA) is 55.8 Å². The molecule has 5 heteroatoms. The molecule has 3 rings (SSSR count). The smallest absolute Gasteiger partial charge is 0.308 e. The maximum atomic E-state index is 13.5. The van der Waals surface area contributed by atoms with E-state index >= 15 is 0 Å². The lowest BCUT2D eigenvalue weighted by molar-refractivity contribution is -0.162. The van der Waals surface area contributed by atoms with Gasteiger partial charge in [-0.15, -0.1) is 0 Å². The van der Waals surface area contributed by atoms with Gasteiger partial charge in [-0.2, -0.15) is 0 Å². The number of hydrogen-bond acceptors (Lipinski definition) is 4. The fraction of sp³-hybridized carbons (Fsp3) is 0.480. The first kappa shape index (κ1) is 22.3. The first-order chi connectivity index (χ1) is 14.0. The van der Waals surface area contributed by atoms with Gasteiger partial charge in [0.2, 0.25) is 0 Å². The van der Waals surface area contributed by atoms with E-state index in [4.69, 9.17) is 9.47 Å². The Morgan fingerprint density at radius 1 is 1.20 bits per heavy atom. The van der Waals surface area contributed by atoms with Crippen molar-refractivity contribution in [3.63, 3.8) is 0 Å². The van der Waals surface area contributed by atoms with Crippen LogP contribution in [0, 0.1) is 5.82 Å². The van der Waals surface area contributed by atoms with Gasteiger partial charge in [-0.3, -0.25) is 4.79 Å². The summed E-state index contributed by atoms with van der Waals surface area (Å²) in [7, 11) is 0. The molecule has 162 valence electrons. The van der Waals surface area contributed by atoms with E-state index in [0.29, 0.717) is 12.2 Å². The zero-order chi connectivity index (χ0) is 22.1. The second kappa shape index (κ2) is 8.76. The Morgan fingerprint density at radius 3 is 2.43 bits per heavy atom. The summed E-state index contributed by atoms with van der Waals surface area (Å²) in [6.07, 6.45) is -0.822. The Kier molecular flexibility index (Phi) is 6.51. The summed E-state index contributed by atoms with van der Waals surface area (Å²) < 4.78 is 25.1. The molecule has 4 nitrogen and oxygen atoms in total. The molecule has 1 fully saturated rings. The monoisotopic (exact) mass is 414 g/mol. The molecule has 0 spiro atoms. The minimum atomic E-state index is -0.704. The second-order valence-electron chi connectivity index (χ2n) is 9.37. The van der Waals surface area contributed by atoms with Crippen molar-refractivity contribution in [1.82, 2.24) is 0 Å². The van der Waals surface area contributed by atoms with Gasteiger partial charge in [0.1, 0.15) is 24.3 Å². The zero-order valence-electron chi connectivity index (χ0n) is 18.4. The van der Waals surface area contributed by atoms with E-state index in [1.54, 1.807) is 12.1 Å². The third-order valence-corrected chi connectivity index (χ3v) is 5.41. The number of aliphatic hydroxyl groups excluding tert-OH is 1. The van der Waals surface area contributed by atoms with Crippen LogP contribution >= 0.6 is 0 Å². The van der Waals surface area contributed by atoms with E-state index in [0.717, 1.165) is 22.3 Å². The number of halogens is 1. The van der Waals surface area contributed by atoms with Crippen LogP contribution in [0.2, 0.25) is 0 Å². The Hall–Kier alpha value is -2.40. The number of rotatable bonds is 5. The summed E-state index contributed by atoms with van der Waals surface area (Å²) in [6.45, 7) is 10.8. The summed E-state index contributed by atoms with van der Waals surface area (Å²) in [5, 5.41) is 9.88. The highest BCUT2D eigenvalue weighted by Gasteiger charge is 2.29. The van der Waals surface area contributed by atoms with Crippen LogP contribution in [-0.4, -0.2) is 29.9 Å². The molecule has 0 amide bonds. The van der Waals surface area contributed by atoms with E-state index < -0.39 is 18.2 Å². The van der Waals surface area contributed by atoms with E-state index in [9.17, 15) is 14.3 Å². The molecule has 0 aliphatic carbocycles. The van der Waals surface area contributed by atoms with E-state index in [1.165, 1.54) is 12.1 Å². The van der Waals surface area contributed by atoms with Crippen molar-refractivity contribution in [2.45, 2.75) is 71.0 Å². The van der Waals surface area contributed by atoms with Crippen LogP contribution in [0.1, 0.15) is 64.5 Å². The van der Waals surface area contributed by atoms with Crippen LogP contribution in [0.15, 0.2) is 36.4 Å². The van der Waals surface area contributed by atoms with E-state index in [2.05, 4.69) is 46.8 Å². The Balaban J connectivity index is 2.04. The molecule has 0 aromatic heterocycles. The molecule has 1 aliphatic heterocycles. The number of aliphatic hydroxyl groups is 1. The molecule has 1 heterocycles. The lowest BCUT2D eigenvalue weighted by atomic mass is 9.82. The Bertz CT molecular complexity index is 897. The summed E-state index contributed by atoms with van der Waals surface area (Å²) in [5.74, 6) is 0.204. The Labute approximate surface area is 178 Å². The molecule has 2 aromatic carbocycles. The van der Waals surface area contributed by atoms with Crippen molar-refractivity contribution in [3.05, 3.63) is 53.3 Å². The highest BCUT2D eigenvalue weighted by molar-refractivity contribution is 5.74. The molecule has 2 aromatic rings. The van der Waals surface area contributed by atoms with Crippen molar-refractivity contribution in [2.24, 2.45) is 0 Å². The number of benzene rings is 2. The summed E-state index contributed by atoms with van der Waals surface area (Å²) in [5.41, 5.74) is 3.88. The van der Waals surface area contributed by atoms with Crippen molar-refractivity contribution >= 4 is 5.97 Å². The molecule has 0 unspecified atom stereocenters. The van der Waals surface area contributed by atoms with Gasteiger partial charge in [-0.25, -0.2) is 4.39 Å². The predicted molar refractivity (Wildman–Crippen MR) is 115 cm³/mol. The van der Waals surface area contributed by atoms with Gasteiger partial charge in [-0.05, 0) is 46.2 Å². The van der Waals surface area contributed by atoms with Crippen LogP contribution in [0.3, 0.4) is 0 Å². The summed E-state index contributed by atoms with van der Waals surface area (Å²) in [4.78, 5) is 11.7. The van der Waals surface area contributed by atoms with Gasteiger partial charge in [0, 0.05) is 12.0 Å². The standard InChI is InChI=1S/C25H31FO4/c1-15(2)21-10-17(25(3,4)5)11-22(16-6-8-18(26)9-7-16)24(21)29-14-20-12-19(27)13-23(28)30-20/h6-11,15,19-20,27H,12-14H2,1-5H3/t19-,20+/m1/s1. The van der Waals surface area contributed by atoms with Crippen LogP contribution in [0.5, 0.6) is 5.75 Å². The number of carbonyl (C=O) groups excluding carboxylic acids is 1. The first-order valence-electron chi connectivity index (χ1n) is 10.5. The maximum Gasteiger partial charge on any atom is 0.308 e. The third kappa shape index (κ3) is 5.20. The molecule has 0 bridgehead atoms. The molecule has 2 atom stereocenters. The quantitative estimate of drug-likeness (QED) is 0.670. The number of ether oxygens (including phenoxy) is 2. The minimum Gasteiger partial charge on any atom is -0.489 e. The second-order valence-corrected chi connectivity index (χ2v) is 9.37. The largest absolute Gasteiger partial charge is 0.489 e. The lowest BCUT2D eigenvalue weighted by Gasteiger charge is -2.29. The average molecular weight is 415 g/mol. The van der Waals surface area contributed by atoms with Gasteiger partial charge >= 0.3 is 5.97 Å². The van der Waals surface area contributed by atoms with Crippen molar-refractivity contribution in [1.29, 1.82) is 0 Å². The van der Waals surface area contributed by atoms with E-state index in [-0.39, 0.29) is 30.2 Å². The number of carbonyl (C=O) groups is 1. The molecular weight excluding hydrogens is 383 g/mol. The SMILES string of the molecule is CC(C)c1cc(C(C)(C)C)cc(-c2ccc(F)cc2)c1OC[C@@H]1C[C@@H](O)CC(=O)O1. The van der Waals surface area contributed by atoms with Gasteiger partial charge in [0.25, 0.3) is 0 Å². The number of cyclic esters (lactones) is 1. The molecule has 0 saturated carbocycles. The summed E-state index contributed by atoms with van der Waals surface area (Å²) >= 11 is 0. The molecule has 30 heavy (non-hydrogen) atoms. The van der Waals surface area contributed by atoms with Crippen LogP contribution < -0.4 is 4.74 Å². The minimum absolute atomic E-state index is 0.0227. The highest BCUT2D eigenvalue weighted by Crippen LogP contribution is 2.41. The van der Waals surface area contributed by atoms with Gasteiger partial charge in [0.05, 0.1) is 12.5 Å². The third-order valence-electron chi connectivity index (χ3n) is 5.41. The fourth-order valence-electron chi connectivity index (χ4n) is 3.66. The Morgan fingerprint density at radius 2 is 1.87 bits per heavy atom. The predicted octanol–water partition coefficient (Wildman–Crippen LogP) is 5.36. The molecule has 1 saturated heterocycles. The van der Waals surface area contributed by atoms with Crippen molar-refractivity contribution in [3.8, 4) is 16.9 Å². The first-order valence-corrected chi connectivity index (χ1v) is 10.5. The molecule has 1 aliphatic rings. The summed E-state index contributed by atoms with van der Waals surface area (Å²) in [6, 6.07) is 10.6. The zero-order valence-corrected chi connectivity index (χ0v) is 18.4. The van der Waals surface area contributed by atoms with Crippen LogP contribution in [0.4, 0.5) is 4.39 Å². The number of hydrogen-bond donors (Lipinski definition) is 1. The molecule has 1 N–H and O–H groups in total.